The summed E-state index contributed by atoms with van der Waals surface area (Å²) in [4.78, 5) is 28.0. The predicted molar refractivity (Wildman–Crippen MR) is 108 cm³/mol. The number of ether oxygens (including phenoxy) is 2. The average molecular weight is 471 g/mol. The molecule has 0 fully saturated rings. The zero-order chi connectivity index (χ0) is 23.5. The second-order valence-electron chi connectivity index (χ2n) is 6.44. The number of allylic oxidation sites excluding steroid dienone is 1. The zero-order valence-corrected chi connectivity index (χ0v) is 17.2. The molecule has 1 heterocycles. The molecule has 0 atom stereocenters. The second kappa shape index (κ2) is 9.39. The maximum atomic E-state index is 13.6. The summed E-state index contributed by atoms with van der Waals surface area (Å²) in [5.74, 6) is -2.62. The van der Waals surface area contributed by atoms with E-state index >= 15 is 0 Å². The van der Waals surface area contributed by atoms with Crippen molar-refractivity contribution in [3.05, 3.63) is 64.1 Å². The molecule has 2 aromatic rings. The Morgan fingerprint density at radius 2 is 1.94 bits per heavy atom. The molecule has 0 bridgehead atoms. The minimum atomic E-state index is -4.83. The fourth-order valence-electron chi connectivity index (χ4n) is 2.74. The van der Waals surface area contributed by atoms with Crippen LogP contribution < -0.4 is 14.8 Å². The van der Waals surface area contributed by atoms with Crippen LogP contribution in [0.1, 0.15) is 22.8 Å². The number of ketones is 1. The highest BCUT2D eigenvalue weighted by atomic mass is 35.5. The first-order chi connectivity index (χ1) is 15.1. The summed E-state index contributed by atoms with van der Waals surface area (Å²) in [7, 11) is 0. The number of nitrogens with zero attached hydrogens (tertiary/aromatic N) is 1. The van der Waals surface area contributed by atoms with Crippen molar-refractivity contribution >= 4 is 29.5 Å². The molecule has 0 aromatic heterocycles. The molecule has 3 rings (SSSR count). The van der Waals surface area contributed by atoms with Crippen molar-refractivity contribution in [2.75, 3.05) is 13.2 Å². The molecule has 0 saturated carbocycles. The van der Waals surface area contributed by atoms with Crippen molar-refractivity contribution in [3.8, 4) is 17.2 Å². The van der Waals surface area contributed by atoms with Crippen molar-refractivity contribution in [3.63, 3.8) is 0 Å². The molecule has 0 unspecified atom stereocenters. The van der Waals surface area contributed by atoms with E-state index in [1.54, 1.807) is 6.92 Å². The van der Waals surface area contributed by atoms with Crippen LogP contribution in [0.3, 0.4) is 0 Å². The summed E-state index contributed by atoms with van der Waals surface area (Å²) in [5.41, 5.74) is -1.55. The average Bonchev–Trinajstić information content (AvgIpc) is 2.70. The molecule has 1 amide bonds. The Hall–Kier alpha value is -3.40. The van der Waals surface area contributed by atoms with E-state index in [-0.39, 0.29) is 41.7 Å². The molecule has 11 heteroatoms. The van der Waals surface area contributed by atoms with Crippen molar-refractivity contribution in [2.24, 2.45) is 4.99 Å². The molecule has 6 nitrogen and oxygen atoms in total. The molecule has 1 aliphatic rings. The number of halogens is 5. The molecule has 0 radical (unpaired) electrons. The normalized spacial score (nSPS) is 13.6. The highest BCUT2D eigenvalue weighted by Crippen LogP contribution is 2.41. The van der Waals surface area contributed by atoms with Gasteiger partial charge in [-0.3, -0.25) is 14.6 Å². The molecule has 2 aromatic carbocycles. The Bertz CT molecular complexity index is 1130. The van der Waals surface area contributed by atoms with Crippen LogP contribution in [-0.4, -0.2) is 31.1 Å². The molecule has 1 aliphatic heterocycles. The second-order valence-corrected chi connectivity index (χ2v) is 6.85. The van der Waals surface area contributed by atoms with E-state index in [0.29, 0.717) is 6.07 Å². The molecule has 0 saturated heterocycles. The monoisotopic (exact) mass is 470 g/mol. The van der Waals surface area contributed by atoms with E-state index < -0.39 is 34.2 Å². The number of hydrogen-bond donors (Lipinski definition) is 1. The standard InChI is InChI=1S/C21H15ClF4N2O4/c1-2-31-19-5-11(23)3-4-17(19)32-18-8-15(21(24,25)26)16(22)7-14(18)20(30)28-12-6-13(29)10-27-9-12/h3-9H,2,10H2,1H3,(H,28,30). The first kappa shape index (κ1) is 23.3. The number of nitrogens with one attached hydrogen (secondary N) is 1. The number of aliphatic imine (C=N–C) groups is 1. The van der Waals surface area contributed by atoms with E-state index in [1.807, 2.05) is 0 Å². The summed E-state index contributed by atoms with van der Waals surface area (Å²) in [6.45, 7) is 1.67. The van der Waals surface area contributed by atoms with Gasteiger partial charge in [-0.2, -0.15) is 13.2 Å². The molecular formula is C21H15ClF4N2O4. The van der Waals surface area contributed by atoms with Crippen molar-refractivity contribution in [1.82, 2.24) is 5.32 Å². The van der Waals surface area contributed by atoms with Crippen LogP contribution in [0.5, 0.6) is 17.2 Å². The van der Waals surface area contributed by atoms with Crippen LogP contribution in [0.25, 0.3) is 0 Å². The summed E-state index contributed by atoms with van der Waals surface area (Å²) in [6, 6.07) is 4.52. The summed E-state index contributed by atoms with van der Waals surface area (Å²) in [5, 5.41) is 1.63. The fourth-order valence-corrected chi connectivity index (χ4v) is 3.01. The number of rotatable bonds is 6. The first-order valence-corrected chi connectivity index (χ1v) is 9.53. The third kappa shape index (κ3) is 5.44. The van der Waals surface area contributed by atoms with Crippen LogP contribution in [0, 0.1) is 5.82 Å². The lowest BCUT2D eigenvalue weighted by molar-refractivity contribution is -0.137. The lowest BCUT2D eigenvalue weighted by Gasteiger charge is -2.18. The predicted octanol–water partition coefficient (Wildman–Crippen LogP) is 4.96. The minimum Gasteiger partial charge on any atom is -0.490 e. The number of alkyl halides is 3. The minimum absolute atomic E-state index is 0.0463. The van der Waals surface area contributed by atoms with Gasteiger partial charge in [0, 0.05) is 18.4 Å². The van der Waals surface area contributed by atoms with Crippen LogP contribution in [0.2, 0.25) is 5.02 Å². The Balaban J connectivity index is 2.06. The van der Waals surface area contributed by atoms with Crippen molar-refractivity contribution in [2.45, 2.75) is 13.1 Å². The van der Waals surface area contributed by atoms with Gasteiger partial charge in [-0.1, -0.05) is 11.6 Å². The fraction of sp³-hybridized carbons (Fsp3) is 0.190. The maximum absolute atomic E-state index is 13.6. The number of carbonyl (C=O) groups is 2. The molecule has 0 spiro atoms. The van der Waals surface area contributed by atoms with Gasteiger partial charge >= 0.3 is 6.18 Å². The van der Waals surface area contributed by atoms with Crippen LogP contribution >= 0.6 is 11.6 Å². The quantitative estimate of drug-likeness (QED) is 0.606. The van der Waals surface area contributed by atoms with Gasteiger partial charge in [0.2, 0.25) is 0 Å². The number of hydrogen-bond acceptors (Lipinski definition) is 5. The van der Waals surface area contributed by atoms with Gasteiger partial charge in [0.1, 0.15) is 18.1 Å². The Morgan fingerprint density at radius 1 is 1.19 bits per heavy atom. The molecule has 168 valence electrons. The van der Waals surface area contributed by atoms with Gasteiger partial charge < -0.3 is 14.8 Å². The molecular weight excluding hydrogens is 456 g/mol. The van der Waals surface area contributed by atoms with E-state index in [2.05, 4.69) is 10.3 Å². The van der Waals surface area contributed by atoms with Gasteiger partial charge in [-0.15, -0.1) is 0 Å². The number of benzene rings is 2. The largest absolute Gasteiger partial charge is 0.490 e. The van der Waals surface area contributed by atoms with Gasteiger partial charge in [0.15, 0.2) is 17.3 Å². The Morgan fingerprint density at radius 3 is 2.59 bits per heavy atom. The SMILES string of the molecule is CCOc1cc(F)ccc1Oc1cc(C(F)(F)F)c(Cl)cc1C(=O)NC1=CC(=O)CN=C1. The maximum Gasteiger partial charge on any atom is 0.417 e. The third-order valence-corrected chi connectivity index (χ3v) is 4.41. The van der Waals surface area contributed by atoms with Gasteiger partial charge in [0.05, 0.1) is 28.5 Å². The molecule has 0 aliphatic carbocycles. The Kier molecular flexibility index (Phi) is 6.83. The molecule has 1 N–H and O–H groups in total. The van der Waals surface area contributed by atoms with Gasteiger partial charge in [-0.25, -0.2) is 4.39 Å². The van der Waals surface area contributed by atoms with Crippen LogP contribution in [0.15, 0.2) is 47.1 Å². The topological polar surface area (TPSA) is 77.0 Å². The Labute approximate surface area is 184 Å². The lowest BCUT2D eigenvalue weighted by Crippen LogP contribution is -2.27. The highest BCUT2D eigenvalue weighted by Gasteiger charge is 2.35. The lowest BCUT2D eigenvalue weighted by atomic mass is 10.1. The number of amides is 1. The van der Waals surface area contributed by atoms with E-state index in [0.717, 1.165) is 30.3 Å². The van der Waals surface area contributed by atoms with Crippen LogP contribution in [0.4, 0.5) is 17.6 Å². The third-order valence-electron chi connectivity index (χ3n) is 4.10. The summed E-state index contributed by atoms with van der Waals surface area (Å²) in [6.07, 6.45) is -2.47. The summed E-state index contributed by atoms with van der Waals surface area (Å²) < 4.78 is 64.5. The van der Waals surface area contributed by atoms with E-state index in [1.165, 1.54) is 6.21 Å². The van der Waals surface area contributed by atoms with Crippen molar-refractivity contribution < 1.29 is 36.6 Å². The number of dihydropyridines is 1. The van der Waals surface area contributed by atoms with E-state index in [4.69, 9.17) is 21.1 Å². The van der Waals surface area contributed by atoms with Crippen molar-refractivity contribution in [1.29, 1.82) is 0 Å². The first-order valence-electron chi connectivity index (χ1n) is 9.15. The van der Waals surface area contributed by atoms with Gasteiger partial charge in [0.25, 0.3) is 5.91 Å². The van der Waals surface area contributed by atoms with Gasteiger partial charge in [-0.05, 0) is 31.2 Å². The summed E-state index contributed by atoms with van der Waals surface area (Å²) >= 11 is 5.78. The molecule has 32 heavy (non-hydrogen) atoms. The number of carbonyl (C=O) groups excluding carboxylic acids is 2. The van der Waals surface area contributed by atoms with Crippen LogP contribution in [-0.2, 0) is 11.0 Å². The smallest absolute Gasteiger partial charge is 0.417 e. The van der Waals surface area contributed by atoms with E-state index in [9.17, 15) is 27.2 Å². The highest BCUT2D eigenvalue weighted by molar-refractivity contribution is 6.32. The zero-order valence-electron chi connectivity index (χ0n) is 16.4.